The Labute approximate surface area is 125 Å². The van der Waals surface area contributed by atoms with Crippen LogP contribution in [0, 0.1) is 0 Å². The predicted octanol–water partition coefficient (Wildman–Crippen LogP) is 4.69. The standard InChI is InChI=1S/C16H26BrNO/c1-3-4-5-6-7-10-19-16-9-8-14(11-13(2)18)12-15(16)17/h8-9,12-13H,3-7,10-11,18H2,1-2H3. The second-order valence-electron chi connectivity index (χ2n) is 5.21. The normalized spacial score (nSPS) is 12.4. The maximum absolute atomic E-state index is 5.80. The van der Waals surface area contributed by atoms with Gasteiger partial charge in [-0.25, -0.2) is 0 Å². The monoisotopic (exact) mass is 327 g/mol. The molecule has 0 saturated heterocycles. The van der Waals surface area contributed by atoms with Crippen molar-refractivity contribution < 1.29 is 4.74 Å². The van der Waals surface area contributed by atoms with E-state index in [1.807, 2.05) is 13.0 Å². The Morgan fingerprint density at radius 3 is 2.58 bits per heavy atom. The SMILES string of the molecule is CCCCCCCOc1ccc(CC(C)N)cc1Br. The summed E-state index contributed by atoms with van der Waals surface area (Å²) < 4.78 is 6.83. The van der Waals surface area contributed by atoms with Crippen LogP contribution in [-0.4, -0.2) is 12.6 Å². The van der Waals surface area contributed by atoms with Crippen molar-refractivity contribution in [2.24, 2.45) is 5.73 Å². The summed E-state index contributed by atoms with van der Waals surface area (Å²) in [5.74, 6) is 0.934. The van der Waals surface area contributed by atoms with Gasteiger partial charge in [-0.2, -0.15) is 0 Å². The molecule has 2 nitrogen and oxygen atoms in total. The Bertz CT molecular complexity index is 366. The van der Waals surface area contributed by atoms with E-state index in [1.165, 1.54) is 31.2 Å². The first kappa shape index (κ1) is 16.5. The number of ether oxygens (including phenoxy) is 1. The minimum Gasteiger partial charge on any atom is -0.492 e. The molecule has 1 atom stereocenters. The maximum Gasteiger partial charge on any atom is 0.133 e. The molecule has 0 aromatic heterocycles. The molecule has 1 unspecified atom stereocenters. The molecule has 0 amide bonds. The second-order valence-corrected chi connectivity index (χ2v) is 6.06. The predicted molar refractivity (Wildman–Crippen MR) is 85.7 cm³/mol. The van der Waals surface area contributed by atoms with Gasteiger partial charge in [0.1, 0.15) is 5.75 Å². The molecule has 2 N–H and O–H groups in total. The van der Waals surface area contributed by atoms with Gasteiger partial charge in [-0.05, 0) is 53.4 Å². The number of benzene rings is 1. The molecule has 0 fully saturated rings. The molecule has 19 heavy (non-hydrogen) atoms. The molecule has 0 saturated carbocycles. The zero-order valence-corrected chi connectivity index (χ0v) is 13.7. The van der Waals surface area contributed by atoms with Crippen LogP contribution in [0.25, 0.3) is 0 Å². The lowest BCUT2D eigenvalue weighted by Gasteiger charge is -2.11. The van der Waals surface area contributed by atoms with Crippen molar-refractivity contribution in [2.45, 2.75) is 58.4 Å². The third-order valence-electron chi connectivity index (χ3n) is 3.06. The number of rotatable bonds is 9. The summed E-state index contributed by atoms with van der Waals surface area (Å²) in [6.07, 6.45) is 7.22. The number of hydrogen-bond donors (Lipinski definition) is 1. The van der Waals surface area contributed by atoms with Gasteiger partial charge < -0.3 is 10.5 Å². The Hall–Kier alpha value is -0.540. The smallest absolute Gasteiger partial charge is 0.133 e. The molecule has 0 spiro atoms. The second kappa shape index (κ2) is 9.38. The topological polar surface area (TPSA) is 35.2 Å². The summed E-state index contributed by atoms with van der Waals surface area (Å²) in [5.41, 5.74) is 7.05. The molecule has 0 aliphatic carbocycles. The van der Waals surface area contributed by atoms with Crippen LogP contribution in [0.1, 0.15) is 51.5 Å². The largest absolute Gasteiger partial charge is 0.492 e. The van der Waals surface area contributed by atoms with E-state index < -0.39 is 0 Å². The van der Waals surface area contributed by atoms with Crippen LogP contribution in [0.4, 0.5) is 0 Å². The van der Waals surface area contributed by atoms with Crippen LogP contribution >= 0.6 is 15.9 Å². The first-order valence-corrected chi connectivity index (χ1v) is 8.09. The van der Waals surface area contributed by atoms with E-state index in [4.69, 9.17) is 10.5 Å². The molecule has 1 rings (SSSR count). The van der Waals surface area contributed by atoms with Gasteiger partial charge >= 0.3 is 0 Å². The quantitative estimate of drug-likeness (QED) is 0.668. The first-order chi connectivity index (χ1) is 9.13. The van der Waals surface area contributed by atoms with Crippen molar-refractivity contribution in [3.63, 3.8) is 0 Å². The van der Waals surface area contributed by atoms with Gasteiger partial charge in [0.25, 0.3) is 0 Å². The highest BCUT2D eigenvalue weighted by atomic mass is 79.9. The average molecular weight is 328 g/mol. The molecular formula is C16H26BrNO. The molecule has 0 aliphatic rings. The van der Waals surface area contributed by atoms with Crippen molar-refractivity contribution in [1.82, 2.24) is 0 Å². The van der Waals surface area contributed by atoms with Gasteiger partial charge in [-0.1, -0.05) is 38.7 Å². The van der Waals surface area contributed by atoms with E-state index in [0.717, 1.165) is 29.7 Å². The first-order valence-electron chi connectivity index (χ1n) is 7.30. The minimum absolute atomic E-state index is 0.192. The van der Waals surface area contributed by atoms with Crippen molar-refractivity contribution in [3.05, 3.63) is 28.2 Å². The Kier molecular flexibility index (Phi) is 8.15. The van der Waals surface area contributed by atoms with Crippen LogP contribution in [-0.2, 0) is 6.42 Å². The van der Waals surface area contributed by atoms with Gasteiger partial charge in [0.05, 0.1) is 11.1 Å². The third-order valence-corrected chi connectivity index (χ3v) is 3.68. The molecule has 0 radical (unpaired) electrons. The minimum atomic E-state index is 0.192. The fraction of sp³-hybridized carbons (Fsp3) is 0.625. The van der Waals surface area contributed by atoms with Crippen LogP contribution in [0.5, 0.6) is 5.75 Å². The van der Waals surface area contributed by atoms with Crippen molar-refractivity contribution in [2.75, 3.05) is 6.61 Å². The van der Waals surface area contributed by atoms with Gasteiger partial charge in [-0.3, -0.25) is 0 Å². The van der Waals surface area contributed by atoms with Crippen molar-refractivity contribution >= 4 is 15.9 Å². The fourth-order valence-corrected chi connectivity index (χ4v) is 2.59. The van der Waals surface area contributed by atoms with E-state index in [0.29, 0.717) is 0 Å². The summed E-state index contributed by atoms with van der Waals surface area (Å²) in [5, 5.41) is 0. The van der Waals surface area contributed by atoms with E-state index in [1.54, 1.807) is 0 Å². The summed E-state index contributed by atoms with van der Waals surface area (Å²) in [4.78, 5) is 0. The summed E-state index contributed by atoms with van der Waals surface area (Å²) in [6, 6.07) is 6.43. The molecule has 0 bridgehead atoms. The number of unbranched alkanes of at least 4 members (excludes halogenated alkanes) is 4. The Morgan fingerprint density at radius 2 is 1.95 bits per heavy atom. The van der Waals surface area contributed by atoms with Crippen LogP contribution in [0.15, 0.2) is 22.7 Å². The molecule has 0 heterocycles. The average Bonchev–Trinajstić information content (AvgIpc) is 2.35. The van der Waals surface area contributed by atoms with Gasteiger partial charge in [0.2, 0.25) is 0 Å². The highest BCUT2D eigenvalue weighted by molar-refractivity contribution is 9.10. The lowest BCUT2D eigenvalue weighted by Crippen LogP contribution is -2.17. The maximum atomic E-state index is 5.80. The molecule has 3 heteroatoms. The highest BCUT2D eigenvalue weighted by Gasteiger charge is 2.04. The summed E-state index contributed by atoms with van der Waals surface area (Å²) in [6.45, 7) is 5.06. The zero-order chi connectivity index (χ0) is 14.1. The zero-order valence-electron chi connectivity index (χ0n) is 12.1. The number of hydrogen-bond acceptors (Lipinski definition) is 2. The van der Waals surface area contributed by atoms with Crippen LogP contribution in [0.3, 0.4) is 0 Å². The van der Waals surface area contributed by atoms with Crippen LogP contribution in [0.2, 0.25) is 0 Å². The van der Waals surface area contributed by atoms with E-state index >= 15 is 0 Å². The molecule has 0 aliphatic heterocycles. The van der Waals surface area contributed by atoms with E-state index in [2.05, 4.69) is 35.0 Å². The van der Waals surface area contributed by atoms with Gasteiger partial charge in [0.15, 0.2) is 0 Å². The number of halogens is 1. The highest BCUT2D eigenvalue weighted by Crippen LogP contribution is 2.26. The van der Waals surface area contributed by atoms with Crippen molar-refractivity contribution in [3.8, 4) is 5.75 Å². The van der Waals surface area contributed by atoms with E-state index in [9.17, 15) is 0 Å². The summed E-state index contributed by atoms with van der Waals surface area (Å²) >= 11 is 3.57. The van der Waals surface area contributed by atoms with E-state index in [-0.39, 0.29) is 6.04 Å². The lowest BCUT2D eigenvalue weighted by molar-refractivity contribution is 0.302. The van der Waals surface area contributed by atoms with Gasteiger partial charge in [0, 0.05) is 6.04 Å². The number of nitrogens with two attached hydrogens (primary N) is 1. The summed E-state index contributed by atoms with van der Waals surface area (Å²) in [7, 11) is 0. The lowest BCUT2D eigenvalue weighted by atomic mass is 10.1. The third kappa shape index (κ3) is 6.98. The van der Waals surface area contributed by atoms with Crippen molar-refractivity contribution in [1.29, 1.82) is 0 Å². The molecule has 1 aromatic carbocycles. The molecule has 1 aromatic rings. The Morgan fingerprint density at radius 1 is 1.21 bits per heavy atom. The van der Waals surface area contributed by atoms with Crippen LogP contribution < -0.4 is 10.5 Å². The fourth-order valence-electron chi connectivity index (χ4n) is 2.05. The molecular weight excluding hydrogens is 302 g/mol. The Balaban J connectivity index is 2.34. The molecule has 108 valence electrons. The van der Waals surface area contributed by atoms with Gasteiger partial charge in [-0.15, -0.1) is 0 Å².